The lowest BCUT2D eigenvalue weighted by molar-refractivity contribution is -0.136. The molecule has 10 heteroatoms. The highest BCUT2D eigenvalue weighted by Gasteiger charge is 2.33. The number of ether oxygens (including phenoxy) is 3. The van der Waals surface area contributed by atoms with Crippen LogP contribution in [0.5, 0.6) is 11.5 Å². The van der Waals surface area contributed by atoms with Crippen LogP contribution in [0.1, 0.15) is 37.9 Å². The monoisotopic (exact) mass is 506 g/mol. The van der Waals surface area contributed by atoms with Crippen LogP contribution in [0.4, 0.5) is 0 Å². The van der Waals surface area contributed by atoms with Gasteiger partial charge in [0.25, 0.3) is 5.56 Å². The predicted octanol–water partition coefficient (Wildman–Crippen LogP) is 2.26. The Hall–Kier alpha value is -4.31. The van der Waals surface area contributed by atoms with Gasteiger partial charge in [0, 0.05) is 19.4 Å². The molecule has 1 atom stereocenters. The Morgan fingerprint density at radius 1 is 1.00 bits per heavy atom. The molecule has 2 heterocycles. The van der Waals surface area contributed by atoms with Crippen LogP contribution in [0, 0.1) is 0 Å². The smallest absolute Gasteiger partial charge is 0.338 e. The molecular weight excluding hydrogens is 484 g/mol. The molecule has 1 aliphatic rings. The van der Waals surface area contributed by atoms with Crippen LogP contribution in [0.25, 0.3) is 6.08 Å². The zero-order chi connectivity index (χ0) is 26.0. The number of para-hydroxylation sites is 1. The van der Waals surface area contributed by atoms with E-state index in [2.05, 4.69) is 4.99 Å². The van der Waals surface area contributed by atoms with Crippen molar-refractivity contribution in [1.82, 2.24) is 4.57 Å². The first-order valence-electron chi connectivity index (χ1n) is 10.9. The molecule has 0 fully saturated rings. The summed E-state index contributed by atoms with van der Waals surface area (Å²) < 4.78 is 17.2. The Balaban J connectivity index is 1.91. The van der Waals surface area contributed by atoms with Gasteiger partial charge in [-0.15, -0.1) is 0 Å². The standard InChI is InChI=1S/C26H22N2O7S/c1-14-22(25(32)33-4)23(17-9-11-19(12-10-17)34-15(2)29)28-24(31)21(36-26(28)27-14)13-18-7-5-6-8-20(18)35-16(3)30/h5-13,23H,1-4H3/b21-13+/t23-/m0/s1. The maximum atomic E-state index is 13.6. The largest absolute Gasteiger partial charge is 0.466 e. The van der Waals surface area contributed by atoms with Crippen LogP contribution in [-0.2, 0) is 19.1 Å². The van der Waals surface area contributed by atoms with E-state index < -0.39 is 23.9 Å². The first-order chi connectivity index (χ1) is 17.2. The maximum absolute atomic E-state index is 13.6. The summed E-state index contributed by atoms with van der Waals surface area (Å²) in [5.41, 5.74) is 1.41. The predicted molar refractivity (Wildman–Crippen MR) is 131 cm³/mol. The number of nitrogens with zero attached hydrogens (tertiary/aromatic N) is 2. The molecule has 0 bridgehead atoms. The molecule has 0 unspecified atom stereocenters. The molecule has 0 amide bonds. The summed E-state index contributed by atoms with van der Waals surface area (Å²) >= 11 is 1.15. The second kappa shape index (κ2) is 10.1. The van der Waals surface area contributed by atoms with Gasteiger partial charge in [-0.1, -0.05) is 41.7 Å². The lowest BCUT2D eigenvalue weighted by Crippen LogP contribution is -2.39. The van der Waals surface area contributed by atoms with Crippen LogP contribution in [0.3, 0.4) is 0 Å². The maximum Gasteiger partial charge on any atom is 0.338 e. The minimum Gasteiger partial charge on any atom is -0.466 e. The zero-order valence-corrected chi connectivity index (χ0v) is 20.8. The summed E-state index contributed by atoms with van der Waals surface area (Å²) in [6.07, 6.45) is 1.63. The molecule has 0 spiro atoms. The number of rotatable bonds is 5. The molecule has 36 heavy (non-hydrogen) atoms. The Morgan fingerprint density at radius 2 is 1.67 bits per heavy atom. The molecule has 9 nitrogen and oxygen atoms in total. The number of hydrogen-bond acceptors (Lipinski definition) is 9. The number of fused-ring (bicyclic) bond motifs is 1. The summed E-state index contributed by atoms with van der Waals surface area (Å²) in [5.74, 6) is -0.899. The summed E-state index contributed by atoms with van der Waals surface area (Å²) in [5, 5.41) is 0. The molecule has 1 aromatic heterocycles. The van der Waals surface area contributed by atoms with Gasteiger partial charge in [-0.2, -0.15) is 0 Å². The van der Waals surface area contributed by atoms with Crippen molar-refractivity contribution in [3.8, 4) is 11.5 Å². The Labute approximate surface area is 209 Å². The number of carbonyl (C=O) groups excluding carboxylic acids is 3. The summed E-state index contributed by atoms with van der Waals surface area (Å²) in [6.45, 7) is 4.28. The lowest BCUT2D eigenvalue weighted by atomic mass is 9.96. The second-order valence-electron chi connectivity index (χ2n) is 7.87. The molecule has 0 radical (unpaired) electrons. The number of methoxy groups -OCH3 is 1. The fourth-order valence-electron chi connectivity index (χ4n) is 3.88. The minimum atomic E-state index is -0.814. The van der Waals surface area contributed by atoms with E-state index in [-0.39, 0.29) is 11.1 Å². The van der Waals surface area contributed by atoms with Gasteiger partial charge in [0.05, 0.1) is 29.0 Å². The minimum absolute atomic E-state index is 0.219. The van der Waals surface area contributed by atoms with Gasteiger partial charge < -0.3 is 14.2 Å². The molecule has 4 rings (SSSR count). The van der Waals surface area contributed by atoms with Gasteiger partial charge >= 0.3 is 17.9 Å². The van der Waals surface area contributed by atoms with Crippen molar-refractivity contribution in [3.05, 3.63) is 90.6 Å². The summed E-state index contributed by atoms with van der Waals surface area (Å²) in [6, 6.07) is 12.6. The molecule has 0 N–H and O–H groups in total. The topological polar surface area (TPSA) is 113 Å². The number of esters is 3. The van der Waals surface area contributed by atoms with E-state index in [4.69, 9.17) is 14.2 Å². The van der Waals surface area contributed by atoms with Crippen LogP contribution in [-0.4, -0.2) is 29.6 Å². The quantitative estimate of drug-likeness (QED) is 0.385. The average molecular weight is 507 g/mol. The number of carbonyl (C=O) groups is 3. The first kappa shape index (κ1) is 24.8. The first-order valence-corrected chi connectivity index (χ1v) is 11.7. The SMILES string of the molecule is COC(=O)C1=C(C)N=c2s/c(=C/c3ccccc3OC(C)=O)c(=O)n2[C@H]1c1ccc(OC(C)=O)cc1. The van der Waals surface area contributed by atoms with Crippen molar-refractivity contribution < 1.29 is 28.6 Å². The van der Waals surface area contributed by atoms with Gasteiger partial charge in [0.2, 0.25) is 0 Å². The highest BCUT2D eigenvalue weighted by molar-refractivity contribution is 7.07. The molecule has 2 aromatic carbocycles. The third-order valence-electron chi connectivity index (χ3n) is 5.34. The van der Waals surface area contributed by atoms with E-state index in [0.29, 0.717) is 37.7 Å². The van der Waals surface area contributed by atoms with Gasteiger partial charge in [0.1, 0.15) is 11.5 Å². The van der Waals surface area contributed by atoms with E-state index in [9.17, 15) is 19.2 Å². The molecule has 184 valence electrons. The van der Waals surface area contributed by atoms with Gasteiger partial charge in [-0.05, 0) is 36.8 Å². The number of benzene rings is 2. The number of aromatic nitrogens is 1. The third-order valence-corrected chi connectivity index (χ3v) is 6.33. The van der Waals surface area contributed by atoms with E-state index in [1.807, 2.05) is 0 Å². The summed E-state index contributed by atoms with van der Waals surface area (Å²) in [4.78, 5) is 54.1. The van der Waals surface area contributed by atoms with E-state index in [0.717, 1.165) is 11.3 Å². The lowest BCUT2D eigenvalue weighted by Gasteiger charge is -2.24. The van der Waals surface area contributed by atoms with Crippen molar-refractivity contribution in [1.29, 1.82) is 0 Å². The molecule has 3 aromatic rings. The van der Waals surface area contributed by atoms with E-state index in [1.165, 1.54) is 25.5 Å². The van der Waals surface area contributed by atoms with Crippen LogP contribution in [0.2, 0.25) is 0 Å². The average Bonchev–Trinajstić information content (AvgIpc) is 3.13. The van der Waals surface area contributed by atoms with Crippen LogP contribution in [0.15, 0.2) is 69.6 Å². The molecule has 0 saturated carbocycles. The molecule has 0 saturated heterocycles. The summed E-state index contributed by atoms with van der Waals surface area (Å²) in [7, 11) is 1.26. The fraction of sp³-hybridized carbons (Fsp3) is 0.192. The molecule has 1 aliphatic heterocycles. The van der Waals surface area contributed by atoms with Crippen LogP contribution >= 0.6 is 11.3 Å². The van der Waals surface area contributed by atoms with E-state index >= 15 is 0 Å². The van der Waals surface area contributed by atoms with Crippen molar-refractivity contribution in [2.24, 2.45) is 4.99 Å². The second-order valence-corrected chi connectivity index (χ2v) is 8.88. The number of thiazole rings is 1. The zero-order valence-electron chi connectivity index (χ0n) is 19.9. The molecule has 0 aliphatic carbocycles. The highest BCUT2D eigenvalue weighted by Crippen LogP contribution is 2.31. The fourth-order valence-corrected chi connectivity index (χ4v) is 4.92. The van der Waals surface area contributed by atoms with E-state index in [1.54, 1.807) is 61.5 Å². The Kier molecular flexibility index (Phi) is 6.98. The highest BCUT2D eigenvalue weighted by atomic mass is 32.1. The van der Waals surface area contributed by atoms with Gasteiger partial charge in [-0.3, -0.25) is 19.0 Å². The molecular formula is C26H22N2O7S. The third kappa shape index (κ3) is 4.89. The van der Waals surface area contributed by atoms with Crippen molar-refractivity contribution >= 4 is 35.3 Å². The number of allylic oxidation sites excluding steroid dienone is 1. The van der Waals surface area contributed by atoms with Gasteiger partial charge in [0.15, 0.2) is 4.80 Å². The van der Waals surface area contributed by atoms with Crippen LogP contribution < -0.4 is 24.4 Å². The van der Waals surface area contributed by atoms with Gasteiger partial charge in [-0.25, -0.2) is 9.79 Å². The number of hydrogen-bond donors (Lipinski definition) is 0. The van der Waals surface area contributed by atoms with Crippen molar-refractivity contribution in [2.75, 3.05) is 7.11 Å². The Morgan fingerprint density at radius 3 is 2.31 bits per heavy atom. The normalized spacial score (nSPS) is 15.1. The van der Waals surface area contributed by atoms with Crippen molar-refractivity contribution in [2.45, 2.75) is 26.8 Å². The Bertz CT molecular complexity index is 1580. The van der Waals surface area contributed by atoms with Crippen molar-refractivity contribution in [3.63, 3.8) is 0 Å².